The lowest BCUT2D eigenvalue weighted by molar-refractivity contribution is -0.130. The van der Waals surface area contributed by atoms with Crippen LogP contribution in [0.15, 0.2) is 12.2 Å². The first-order chi connectivity index (χ1) is 5.63. The van der Waals surface area contributed by atoms with E-state index in [1.165, 1.54) is 0 Å². The Hall–Kier alpha value is -0.920. The van der Waals surface area contributed by atoms with Crippen LogP contribution in [0.4, 0.5) is 0 Å². The van der Waals surface area contributed by atoms with E-state index in [1.54, 1.807) is 6.08 Å². The van der Waals surface area contributed by atoms with E-state index in [0.717, 1.165) is 6.42 Å². The highest BCUT2D eigenvalue weighted by atomic mass is 16.1. The fourth-order valence-corrected chi connectivity index (χ4v) is 2.28. The molecule has 0 aliphatic heterocycles. The quantitative estimate of drug-likeness (QED) is 0.543. The Balaban J connectivity index is 2.38. The summed E-state index contributed by atoms with van der Waals surface area (Å²) < 4.78 is 0. The monoisotopic (exact) mass is 164 g/mol. The largest absolute Gasteiger partial charge is 0.299 e. The molecule has 0 aromatic rings. The van der Waals surface area contributed by atoms with E-state index in [9.17, 15) is 9.59 Å². The third-order valence-corrected chi connectivity index (χ3v) is 3.19. The van der Waals surface area contributed by atoms with Crippen LogP contribution in [0, 0.1) is 11.3 Å². The molecule has 2 unspecified atom stereocenters. The highest BCUT2D eigenvalue weighted by Crippen LogP contribution is 2.45. The van der Waals surface area contributed by atoms with Crippen LogP contribution < -0.4 is 0 Å². The number of allylic oxidation sites excluding steroid dienone is 2. The van der Waals surface area contributed by atoms with E-state index in [4.69, 9.17) is 0 Å². The fraction of sp³-hybridized carbons (Fsp3) is 0.600. The summed E-state index contributed by atoms with van der Waals surface area (Å²) in [6.07, 6.45) is 5.55. The van der Waals surface area contributed by atoms with Gasteiger partial charge in [0.2, 0.25) is 0 Å². The molecule has 1 fully saturated rings. The summed E-state index contributed by atoms with van der Waals surface area (Å²) in [5, 5.41) is 0. The van der Waals surface area contributed by atoms with Crippen LogP contribution in [-0.4, -0.2) is 11.6 Å². The maximum absolute atomic E-state index is 11.5. The highest BCUT2D eigenvalue weighted by molar-refractivity contribution is 5.98. The average Bonchev–Trinajstić information content (AvgIpc) is 2.28. The topological polar surface area (TPSA) is 34.1 Å². The van der Waals surface area contributed by atoms with Gasteiger partial charge in [-0.25, -0.2) is 0 Å². The predicted octanol–water partition coefficient (Wildman–Crippen LogP) is 1.50. The number of Topliss-reactive ketones (excluding diaryl/α,β-unsaturated/α-hetero) is 1. The van der Waals surface area contributed by atoms with Crippen molar-refractivity contribution in [3.05, 3.63) is 12.2 Å². The van der Waals surface area contributed by atoms with E-state index < -0.39 is 0 Å². The summed E-state index contributed by atoms with van der Waals surface area (Å²) in [4.78, 5) is 22.6. The zero-order valence-corrected chi connectivity index (χ0v) is 7.17. The number of rotatable bonds is 0. The lowest BCUT2D eigenvalue weighted by Crippen LogP contribution is -2.33. The van der Waals surface area contributed by atoms with Crippen molar-refractivity contribution in [2.75, 3.05) is 0 Å². The SMILES string of the molecule is CC12CC(=O)C=CC1CCC2=O. The third kappa shape index (κ3) is 0.872. The van der Waals surface area contributed by atoms with Gasteiger partial charge >= 0.3 is 0 Å². The van der Waals surface area contributed by atoms with E-state index in [2.05, 4.69) is 0 Å². The molecule has 12 heavy (non-hydrogen) atoms. The molecule has 0 spiro atoms. The molecule has 2 aliphatic rings. The van der Waals surface area contributed by atoms with E-state index in [-0.39, 0.29) is 17.0 Å². The Bertz CT molecular complexity index is 278. The molecule has 0 radical (unpaired) electrons. The first-order valence-electron chi connectivity index (χ1n) is 4.37. The van der Waals surface area contributed by atoms with Crippen molar-refractivity contribution in [2.24, 2.45) is 11.3 Å². The summed E-state index contributed by atoms with van der Waals surface area (Å²) in [5.74, 6) is 0.692. The number of ketones is 2. The first kappa shape index (κ1) is 7.71. The molecule has 0 bridgehead atoms. The molecule has 0 amide bonds. The molecule has 2 heteroatoms. The Kier molecular flexibility index (Phi) is 1.47. The van der Waals surface area contributed by atoms with E-state index >= 15 is 0 Å². The molecule has 2 atom stereocenters. The first-order valence-corrected chi connectivity index (χ1v) is 4.37. The van der Waals surface area contributed by atoms with Gasteiger partial charge in [0.1, 0.15) is 5.78 Å². The van der Waals surface area contributed by atoms with Gasteiger partial charge in [0.15, 0.2) is 5.78 Å². The molecule has 1 saturated carbocycles. The van der Waals surface area contributed by atoms with Crippen molar-refractivity contribution in [2.45, 2.75) is 26.2 Å². The molecular weight excluding hydrogens is 152 g/mol. The van der Waals surface area contributed by atoms with Gasteiger partial charge in [-0.3, -0.25) is 9.59 Å². The standard InChI is InChI=1S/C10H12O2/c1-10-6-8(11)4-2-7(10)3-5-9(10)12/h2,4,7H,3,5-6H2,1H3. The van der Waals surface area contributed by atoms with Gasteiger partial charge in [0.25, 0.3) is 0 Å². The van der Waals surface area contributed by atoms with Gasteiger partial charge in [-0.15, -0.1) is 0 Å². The maximum Gasteiger partial charge on any atom is 0.156 e. The number of carbonyl (C=O) groups is 2. The Morgan fingerprint density at radius 3 is 3.00 bits per heavy atom. The van der Waals surface area contributed by atoms with Crippen molar-refractivity contribution in [3.8, 4) is 0 Å². The third-order valence-electron chi connectivity index (χ3n) is 3.19. The second-order valence-electron chi connectivity index (χ2n) is 3.99. The van der Waals surface area contributed by atoms with Crippen molar-refractivity contribution in [1.82, 2.24) is 0 Å². The summed E-state index contributed by atoms with van der Waals surface area (Å²) in [5.41, 5.74) is -0.355. The molecule has 0 N–H and O–H groups in total. The zero-order chi connectivity index (χ0) is 8.77. The van der Waals surface area contributed by atoms with Crippen LogP contribution in [0.5, 0.6) is 0 Å². The van der Waals surface area contributed by atoms with E-state index in [1.807, 2.05) is 13.0 Å². The second-order valence-corrected chi connectivity index (χ2v) is 3.99. The fourth-order valence-electron chi connectivity index (χ4n) is 2.28. The molecule has 0 aromatic carbocycles. The molecule has 0 saturated heterocycles. The van der Waals surface area contributed by atoms with Gasteiger partial charge < -0.3 is 0 Å². The van der Waals surface area contributed by atoms with Crippen molar-refractivity contribution < 1.29 is 9.59 Å². The van der Waals surface area contributed by atoms with Crippen molar-refractivity contribution >= 4 is 11.6 Å². The van der Waals surface area contributed by atoms with Crippen LogP contribution >= 0.6 is 0 Å². The number of fused-ring (bicyclic) bond motifs is 1. The van der Waals surface area contributed by atoms with Crippen LogP contribution in [0.2, 0.25) is 0 Å². The average molecular weight is 164 g/mol. The lowest BCUT2D eigenvalue weighted by atomic mass is 9.72. The number of carbonyl (C=O) groups excluding carboxylic acids is 2. The highest BCUT2D eigenvalue weighted by Gasteiger charge is 2.47. The molecular formula is C10H12O2. The predicted molar refractivity (Wildman–Crippen MR) is 44.6 cm³/mol. The van der Waals surface area contributed by atoms with Crippen LogP contribution in [-0.2, 0) is 9.59 Å². The maximum atomic E-state index is 11.5. The van der Waals surface area contributed by atoms with Crippen molar-refractivity contribution in [1.29, 1.82) is 0 Å². The Morgan fingerprint density at radius 1 is 1.50 bits per heavy atom. The van der Waals surface area contributed by atoms with Crippen LogP contribution in [0.25, 0.3) is 0 Å². The summed E-state index contributed by atoms with van der Waals surface area (Å²) >= 11 is 0. The Labute approximate surface area is 71.6 Å². The minimum atomic E-state index is -0.355. The summed E-state index contributed by atoms with van der Waals surface area (Å²) in [6.45, 7) is 1.92. The molecule has 2 nitrogen and oxygen atoms in total. The van der Waals surface area contributed by atoms with Gasteiger partial charge in [-0.05, 0) is 18.4 Å². The van der Waals surface area contributed by atoms with Gasteiger partial charge in [-0.2, -0.15) is 0 Å². The minimum Gasteiger partial charge on any atom is -0.299 e. The second kappa shape index (κ2) is 2.28. The summed E-state index contributed by atoms with van der Waals surface area (Å²) in [7, 11) is 0. The number of hydrogen-bond acceptors (Lipinski definition) is 2. The number of hydrogen-bond donors (Lipinski definition) is 0. The normalized spacial score (nSPS) is 40.2. The van der Waals surface area contributed by atoms with Crippen LogP contribution in [0.1, 0.15) is 26.2 Å². The van der Waals surface area contributed by atoms with E-state index in [0.29, 0.717) is 18.8 Å². The van der Waals surface area contributed by atoms with Crippen LogP contribution in [0.3, 0.4) is 0 Å². The molecule has 0 heterocycles. The van der Waals surface area contributed by atoms with Crippen molar-refractivity contribution in [3.63, 3.8) is 0 Å². The molecule has 0 aromatic heterocycles. The smallest absolute Gasteiger partial charge is 0.156 e. The van der Waals surface area contributed by atoms with Gasteiger partial charge in [-0.1, -0.05) is 13.0 Å². The minimum absolute atomic E-state index is 0.101. The Morgan fingerprint density at radius 2 is 2.25 bits per heavy atom. The van der Waals surface area contributed by atoms with Gasteiger partial charge in [0, 0.05) is 18.3 Å². The van der Waals surface area contributed by atoms with Gasteiger partial charge in [0.05, 0.1) is 0 Å². The zero-order valence-electron chi connectivity index (χ0n) is 7.17. The molecule has 64 valence electrons. The summed E-state index contributed by atoms with van der Waals surface area (Å²) in [6, 6.07) is 0. The lowest BCUT2D eigenvalue weighted by Gasteiger charge is -2.29. The molecule has 2 rings (SSSR count). The molecule has 2 aliphatic carbocycles.